The smallest absolute Gasteiger partial charge is 0.224 e. The van der Waals surface area contributed by atoms with E-state index in [9.17, 15) is 4.79 Å². The van der Waals surface area contributed by atoms with Gasteiger partial charge in [0.1, 0.15) is 5.65 Å². The third-order valence-electron chi connectivity index (χ3n) is 4.73. The molecule has 3 aromatic heterocycles. The summed E-state index contributed by atoms with van der Waals surface area (Å²) in [6.45, 7) is 0.855. The molecule has 0 bridgehead atoms. The minimum absolute atomic E-state index is 0.0881. The van der Waals surface area contributed by atoms with Crippen molar-refractivity contribution in [3.63, 3.8) is 0 Å². The molecule has 4 rings (SSSR count). The summed E-state index contributed by atoms with van der Waals surface area (Å²) < 4.78 is 2.82. The maximum atomic E-state index is 13.0. The second kappa shape index (κ2) is 6.84. The van der Waals surface area contributed by atoms with Crippen molar-refractivity contribution in [2.75, 3.05) is 0 Å². The number of hydrogen-bond donors (Lipinski definition) is 0. The van der Waals surface area contributed by atoms with E-state index in [2.05, 4.69) is 35.4 Å². The van der Waals surface area contributed by atoms with Crippen LogP contribution in [0.3, 0.4) is 0 Å². The molecule has 0 unspecified atom stereocenters. The third kappa shape index (κ3) is 3.33. The van der Waals surface area contributed by atoms with E-state index < -0.39 is 0 Å². The Morgan fingerprint density at radius 3 is 2.84 bits per heavy atom. The van der Waals surface area contributed by atoms with E-state index in [-0.39, 0.29) is 11.1 Å². The Morgan fingerprint density at radius 2 is 2.08 bits per heavy atom. The molecular weight excluding hydrogens is 404 g/mol. The average molecular weight is 420 g/mol. The van der Waals surface area contributed by atoms with Crippen molar-refractivity contribution in [3.05, 3.63) is 51.7 Å². The van der Waals surface area contributed by atoms with Crippen molar-refractivity contribution in [2.45, 2.75) is 32.2 Å². The highest BCUT2D eigenvalue weighted by atomic mass is 79.9. The van der Waals surface area contributed by atoms with Crippen LogP contribution in [0.25, 0.3) is 11.0 Å². The van der Waals surface area contributed by atoms with Gasteiger partial charge in [-0.25, -0.2) is 4.98 Å². The van der Waals surface area contributed by atoms with E-state index in [0.29, 0.717) is 17.0 Å². The molecule has 1 aliphatic rings. The molecule has 0 saturated heterocycles. The fraction of sp³-hybridized carbons (Fsp3) is 0.333. The van der Waals surface area contributed by atoms with Gasteiger partial charge in [0.2, 0.25) is 5.28 Å². The average Bonchev–Trinajstić information content (AvgIpc) is 3.23. The first-order chi connectivity index (χ1) is 12.1. The van der Waals surface area contributed by atoms with Crippen LogP contribution in [0.1, 0.15) is 41.6 Å². The first-order valence-electron chi connectivity index (χ1n) is 8.28. The number of pyridine rings is 1. The molecule has 0 aromatic carbocycles. The van der Waals surface area contributed by atoms with Crippen LogP contribution in [-0.2, 0) is 6.54 Å². The van der Waals surface area contributed by atoms with Crippen molar-refractivity contribution < 1.29 is 4.79 Å². The van der Waals surface area contributed by atoms with Gasteiger partial charge in [0.15, 0.2) is 5.78 Å². The van der Waals surface area contributed by atoms with Crippen LogP contribution in [0.15, 0.2) is 35.3 Å². The van der Waals surface area contributed by atoms with Crippen LogP contribution >= 0.6 is 27.5 Å². The van der Waals surface area contributed by atoms with Crippen LogP contribution in [0.5, 0.6) is 0 Å². The summed E-state index contributed by atoms with van der Waals surface area (Å²) in [5.74, 6) is 0.537. The fourth-order valence-electron chi connectivity index (χ4n) is 3.53. The standard InChI is InChI=1S/C18H16BrClN4O/c19-13-5-12(6-21-7-13)16(25)15-10-24(9-11-3-1-2-4-11)17-14(15)8-22-18(20)23-17/h5-8,10-11H,1-4,9H2. The number of rotatable bonds is 4. The summed E-state index contributed by atoms with van der Waals surface area (Å²) in [6.07, 6.45) is 11.7. The van der Waals surface area contributed by atoms with E-state index in [4.69, 9.17) is 11.6 Å². The van der Waals surface area contributed by atoms with Crippen LogP contribution in [0.2, 0.25) is 5.28 Å². The zero-order chi connectivity index (χ0) is 17.4. The normalized spacial score (nSPS) is 15.1. The summed E-state index contributed by atoms with van der Waals surface area (Å²) in [5, 5.41) is 0.925. The monoisotopic (exact) mass is 418 g/mol. The summed E-state index contributed by atoms with van der Waals surface area (Å²) in [6, 6.07) is 1.77. The summed E-state index contributed by atoms with van der Waals surface area (Å²) in [5.41, 5.74) is 1.84. The summed E-state index contributed by atoms with van der Waals surface area (Å²) in [4.78, 5) is 25.5. The van der Waals surface area contributed by atoms with Crippen LogP contribution in [-0.4, -0.2) is 25.3 Å². The highest BCUT2D eigenvalue weighted by Crippen LogP contribution is 2.29. The quantitative estimate of drug-likeness (QED) is 0.456. The van der Waals surface area contributed by atoms with Gasteiger partial charge in [0.05, 0.1) is 5.56 Å². The number of hydrogen-bond acceptors (Lipinski definition) is 4. The number of nitrogens with zero attached hydrogens (tertiary/aromatic N) is 4. The van der Waals surface area contributed by atoms with Gasteiger partial charge in [-0.05, 0) is 52.4 Å². The van der Waals surface area contributed by atoms with Crippen molar-refractivity contribution in [1.29, 1.82) is 0 Å². The predicted molar refractivity (Wildman–Crippen MR) is 99.9 cm³/mol. The van der Waals surface area contributed by atoms with Gasteiger partial charge in [0.25, 0.3) is 0 Å². The number of carbonyl (C=O) groups is 1. The van der Waals surface area contributed by atoms with E-state index in [1.807, 2.05) is 6.20 Å². The maximum absolute atomic E-state index is 13.0. The van der Waals surface area contributed by atoms with Crippen LogP contribution in [0.4, 0.5) is 0 Å². The van der Waals surface area contributed by atoms with Crippen molar-refractivity contribution in [3.8, 4) is 0 Å². The second-order valence-electron chi connectivity index (χ2n) is 6.44. The van der Waals surface area contributed by atoms with E-state index in [1.54, 1.807) is 24.7 Å². The second-order valence-corrected chi connectivity index (χ2v) is 7.70. The molecule has 1 fully saturated rings. The largest absolute Gasteiger partial charge is 0.331 e. The Kier molecular flexibility index (Phi) is 4.56. The third-order valence-corrected chi connectivity index (χ3v) is 5.34. The lowest BCUT2D eigenvalue weighted by atomic mass is 10.1. The molecule has 0 N–H and O–H groups in total. The molecule has 3 heterocycles. The summed E-state index contributed by atoms with van der Waals surface area (Å²) >= 11 is 9.36. The molecule has 3 aromatic rings. The van der Waals surface area contributed by atoms with Crippen molar-refractivity contribution in [2.24, 2.45) is 5.92 Å². The molecule has 128 valence electrons. The zero-order valence-electron chi connectivity index (χ0n) is 13.5. The number of halogens is 2. The lowest BCUT2D eigenvalue weighted by Gasteiger charge is -2.10. The van der Waals surface area contributed by atoms with Crippen LogP contribution < -0.4 is 0 Å². The Balaban J connectivity index is 1.79. The molecule has 0 aliphatic heterocycles. The van der Waals surface area contributed by atoms with E-state index in [0.717, 1.165) is 22.1 Å². The predicted octanol–water partition coefficient (Wildman–Crippen LogP) is 4.66. The Hall–Kier alpha value is -1.79. The Bertz CT molecular complexity index is 949. The maximum Gasteiger partial charge on any atom is 0.224 e. The number of ketones is 1. The molecule has 1 aliphatic carbocycles. The molecular formula is C18H16BrClN4O. The van der Waals surface area contributed by atoms with Gasteiger partial charge in [-0.1, -0.05) is 12.8 Å². The molecule has 0 amide bonds. The molecule has 25 heavy (non-hydrogen) atoms. The van der Waals surface area contributed by atoms with Gasteiger partial charge >= 0.3 is 0 Å². The molecule has 0 spiro atoms. The Morgan fingerprint density at radius 1 is 1.28 bits per heavy atom. The highest BCUT2D eigenvalue weighted by Gasteiger charge is 2.22. The van der Waals surface area contributed by atoms with E-state index >= 15 is 0 Å². The SMILES string of the molecule is O=C(c1cncc(Br)c1)c1cn(CC2CCCC2)c2nc(Cl)ncc12. The van der Waals surface area contributed by atoms with Gasteiger partial charge in [-0.2, -0.15) is 4.98 Å². The van der Waals surface area contributed by atoms with Gasteiger partial charge in [-0.15, -0.1) is 0 Å². The molecule has 1 saturated carbocycles. The van der Waals surface area contributed by atoms with Crippen molar-refractivity contribution >= 4 is 44.3 Å². The lowest BCUT2D eigenvalue weighted by molar-refractivity contribution is 0.103. The lowest BCUT2D eigenvalue weighted by Crippen LogP contribution is -2.07. The zero-order valence-corrected chi connectivity index (χ0v) is 15.8. The molecule has 7 heteroatoms. The molecule has 0 atom stereocenters. The number of aromatic nitrogens is 4. The summed E-state index contributed by atoms with van der Waals surface area (Å²) in [7, 11) is 0. The van der Waals surface area contributed by atoms with Crippen LogP contribution in [0, 0.1) is 5.92 Å². The number of carbonyl (C=O) groups excluding carboxylic acids is 1. The fourth-order valence-corrected chi connectivity index (χ4v) is 4.02. The molecule has 5 nitrogen and oxygen atoms in total. The van der Waals surface area contributed by atoms with Gasteiger partial charge in [-0.3, -0.25) is 9.78 Å². The first-order valence-corrected chi connectivity index (χ1v) is 9.45. The van der Waals surface area contributed by atoms with Gasteiger partial charge in [0, 0.05) is 46.8 Å². The minimum atomic E-state index is -0.0881. The number of fused-ring (bicyclic) bond motifs is 1. The van der Waals surface area contributed by atoms with Gasteiger partial charge < -0.3 is 4.57 Å². The topological polar surface area (TPSA) is 60.7 Å². The minimum Gasteiger partial charge on any atom is -0.331 e. The van der Waals surface area contributed by atoms with Crippen molar-refractivity contribution in [1.82, 2.24) is 19.5 Å². The molecule has 0 radical (unpaired) electrons. The first kappa shape index (κ1) is 16.7. The highest BCUT2D eigenvalue weighted by molar-refractivity contribution is 9.10. The van der Waals surface area contributed by atoms with E-state index in [1.165, 1.54) is 25.7 Å². The Labute approximate surface area is 158 Å².